The van der Waals surface area contributed by atoms with Crippen molar-refractivity contribution in [2.45, 2.75) is 13.5 Å². The number of rotatable bonds is 7. The number of methoxy groups -OCH3 is 1. The highest BCUT2D eigenvalue weighted by molar-refractivity contribution is 6.05. The molecule has 0 heterocycles. The highest BCUT2D eigenvalue weighted by Gasteiger charge is 2.14. The molecule has 3 aromatic rings. The summed E-state index contributed by atoms with van der Waals surface area (Å²) in [6.45, 7) is 2.37. The second kappa shape index (κ2) is 10.1. The fourth-order valence-corrected chi connectivity index (χ4v) is 2.79. The van der Waals surface area contributed by atoms with Crippen LogP contribution in [0.5, 0.6) is 5.75 Å². The number of hydrogen-bond acceptors (Lipinski definition) is 3. The van der Waals surface area contributed by atoms with E-state index in [0.717, 1.165) is 16.7 Å². The van der Waals surface area contributed by atoms with E-state index in [1.54, 1.807) is 49.6 Å². The maximum atomic E-state index is 12.9. The van der Waals surface area contributed by atoms with Crippen molar-refractivity contribution in [2.24, 2.45) is 0 Å². The number of ether oxygens (including phenoxy) is 1. The number of carbonyl (C=O) groups excluding carboxylic acids is 2. The van der Waals surface area contributed by atoms with E-state index in [1.165, 1.54) is 0 Å². The topological polar surface area (TPSA) is 67.4 Å². The number of benzene rings is 3. The standard InChI is InChI=1S/C25H24N2O3/c1-18-8-10-20(11-9-18)17-26-25(29)23(16-19-12-14-22(30-2)15-13-19)27-24(28)21-6-4-3-5-7-21/h3-16H,17H2,1-2H3,(H,26,29)(H,27,28)/b23-16+. The molecule has 0 aromatic heterocycles. The first kappa shape index (κ1) is 20.9. The summed E-state index contributed by atoms with van der Waals surface area (Å²) >= 11 is 0. The molecule has 0 spiro atoms. The summed E-state index contributed by atoms with van der Waals surface area (Å²) in [6, 6.07) is 23.9. The molecule has 0 aliphatic heterocycles. The Morgan fingerprint density at radius 3 is 2.20 bits per heavy atom. The zero-order chi connectivity index (χ0) is 21.3. The second-order valence-corrected chi connectivity index (χ2v) is 6.82. The van der Waals surface area contributed by atoms with Crippen molar-refractivity contribution in [3.8, 4) is 5.75 Å². The van der Waals surface area contributed by atoms with Crippen LogP contribution in [0.25, 0.3) is 6.08 Å². The molecule has 0 unspecified atom stereocenters. The lowest BCUT2D eigenvalue weighted by molar-refractivity contribution is -0.117. The van der Waals surface area contributed by atoms with Gasteiger partial charge in [-0.25, -0.2) is 0 Å². The SMILES string of the molecule is COc1ccc(/C=C(/NC(=O)c2ccccc2)C(=O)NCc2ccc(C)cc2)cc1. The van der Waals surface area contributed by atoms with Gasteiger partial charge in [0.1, 0.15) is 11.4 Å². The summed E-state index contributed by atoms with van der Waals surface area (Å²) in [5.41, 5.74) is 3.54. The molecule has 0 saturated carbocycles. The molecule has 0 fully saturated rings. The van der Waals surface area contributed by atoms with Gasteiger partial charge in [0, 0.05) is 12.1 Å². The number of carbonyl (C=O) groups is 2. The van der Waals surface area contributed by atoms with Gasteiger partial charge in [-0.1, -0.05) is 60.2 Å². The third kappa shape index (κ3) is 5.82. The van der Waals surface area contributed by atoms with E-state index in [0.29, 0.717) is 17.9 Å². The molecule has 30 heavy (non-hydrogen) atoms. The van der Waals surface area contributed by atoms with Gasteiger partial charge in [0.2, 0.25) is 0 Å². The Hall–Kier alpha value is -3.86. The van der Waals surface area contributed by atoms with Gasteiger partial charge in [-0.2, -0.15) is 0 Å². The molecule has 3 rings (SSSR count). The molecule has 152 valence electrons. The summed E-state index contributed by atoms with van der Waals surface area (Å²) in [5.74, 6) is 0.00219. The van der Waals surface area contributed by atoms with Crippen LogP contribution in [0.15, 0.2) is 84.6 Å². The lowest BCUT2D eigenvalue weighted by atomic mass is 10.1. The van der Waals surface area contributed by atoms with Crippen LogP contribution in [0.1, 0.15) is 27.0 Å². The monoisotopic (exact) mass is 400 g/mol. The lowest BCUT2D eigenvalue weighted by Crippen LogP contribution is -2.34. The molecule has 0 aliphatic carbocycles. The van der Waals surface area contributed by atoms with Crippen LogP contribution in [-0.4, -0.2) is 18.9 Å². The van der Waals surface area contributed by atoms with Crippen molar-refractivity contribution in [3.05, 3.63) is 107 Å². The predicted molar refractivity (Wildman–Crippen MR) is 118 cm³/mol. The molecule has 2 N–H and O–H groups in total. The van der Waals surface area contributed by atoms with Crippen LogP contribution >= 0.6 is 0 Å². The Bertz CT molecular complexity index is 1020. The largest absolute Gasteiger partial charge is 0.497 e. The maximum absolute atomic E-state index is 12.9. The summed E-state index contributed by atoms with van der Waals surface area (Å²) in [4.78, 5) is 25.5. The summed E-state index contributed by atoms with van der Waals surface area (Å²) < 4.78 is 5.17. The minimum absolute atomic E-state index is 0.168. The zero-order valence-corrected chi connectivity index (χ0v) is 17.0. The van der Waals surface area contributed by atoms with Gasteiger partial charge in [0.05, 0.1) is 7.11 Å². The Labute approximate surface area is 176 Å². The Morgan fingerprint density at radius 2 is 1.57 bits per heavy atom. The number of nitrogens with one attached hydrogen (secondary N) is 2. The molecule has 0 aliphatic rings. The van der Waals surface area contributed by atoms with Crippen LogP contribution in [0.2, 0.25) is 0 Å². The Kier molecular flexibility index (Phi) is 7.00. The first-order chi connectivity index (χ1) is 14.5. The van der Waals surface area contributed by atoms with Crippen molar-refractivity contribution in [3.63, 3.8) is 0 Å². The number of hydrogen-bond donors (Lipinski definition) is 2. The molecule has 0 saturated heterocycles. The average molecular weight is 400 g/mol. The van der Waals surface area contributed by atoms with E-state index in [9.17, 15) is 9.59 Å². The van der Waals surface area contributed by atoms with Gasteiger partial charge < -0.3 is 15.4 Å². The van der Waals surface area contributed by atoms with Crippen molar-refractivity contribution >= 4 is 17.9 Å². The van der Waals surface area contributed by atoms with Gasteiger partial charge in [0.15, 0.2) is 0 Å². The summed E-state index contributed by atoms with van der Waals surface area (Å²) in [6.07, 6.45) is 1.64. The first-order valence-electron chi connectivity index (χ1n) is 9.61. The van der Waals surface area contributed by atoms with E-state index in [2.05, 4.69) is 10.6 Å². The molecule has 3 aromatic carbocycles. The minimum atomic E-state index is -0.365. The van der Waals surface area contributed by atoms with Gasteiger partial charge in [-0.3, -0.25) is 9.59 Å². The molecule has 5 heteroatoms. The van der Waals surface area contributed by atoms with Crippen molar-refractivity contribution < 1.29 is 14.3 Å². The molecule has 0 radical (unpaired) electrons. The minimum Gasteiger partial charge on any atom is -0.497 e. The quantitative estimate of drug-likeness (QED) is 0.587. The fourth-order valence-electron chi connectivity index (χ4n) is 2.79. The first-order valence-corrected chi connectivity index (χ1v) is 9.61. The highest BCUT2D eigenvalue weighted by Crippen LogP contribution is 2.14. The Balaban J connectivity index is 1.79. The molecular formula is C25H24N2O3. The summed E-state index contributed by atoms with van der Waals surface area (Å²) in [7, 11) is 1.59. The van der Waals surface area contributed by atoms with Gasteiger partial charge >= 0.3 is 0 Å². The van der Waals surface area contributed by atoms with E-state index in [1.807, 2.05) is 49.4 Å². The van der Waals surface area contributed by atoms with Crippen LogP contribution in [0, 0.1) is 6.92 Å². The van der Waals surface area contributed by atoms with Crippen molar-refractivity contribution in [2.75, 3.05) is 7.11 Å². The van der Waals surface area contributed by atoms with Crippen LogP contribution in [0.3, 0.4) is 0 Å². The normalized spacial score (nSPS) is 10.9. The van der Waals surface area contributed by atoms with E-state index >= 15 is 0 Å². The van der Waals surface area contributed by atoms with E-state index < -0.39 is 0 Å². The predicted octanol–water partition coefficient (Wildman–Crippen LogP) is 4.09. The van der Waals surface area contributed by atoms with Crippen LogP contribution in [0.4, 0.5) is 0 Å². The van der Waals surface area contributed by atoms with Gasteiger partial charge in [-0.15, -0.1) is 0 Å². The van der Waals surface area contributed by atoms with Crippen LogP contribution < -0.4 is 15.4 Å². The second-order valence-electron chi connectivity index (χ2n) is 6.82. The number of amides is 2. The molecule has 0 bridgehead atoms. The highest BCUT2D eigenvalue weighted by atomic mass is 16.5. The third-order valence-corrected chi connectivity index (χ3v) is 4.53. The molecule has 5 nitrogen and oxygen atoms in total. The fraction of sp³-hybridized carbons (Fsp3) is 0.120. The molecule has 0 atom stereocenters. The molecular weight excluding hydrogens is 376 g/mol. The molecule has 2 amide bonds. The van der Waals surface area contributed by atoms with Crippen molar-refractivity contribution in [1.29, 1.82) is 0 Å². The smallest absolute Gasteiger partial charge is 0.268 e. The summed E-state index contributed by atoms with van der Waals surface area (Å²) in [5, 5.41) is 5.61. The average Bonchev–Trinajstić information content (AvgIpc) is 2.79. The van der Waals surface area contributed by atoms with Gasteiger partial charge in [0.25, 0.3) is 11.8 Å². The maximum Gasteiger partial charge on any atom is 0.268 e. The van der Waals surface area contributed by atoms with Crippen molar-refractivity contribution in [1.82, 2.24) is 10.6 Å². The Morgan fingerprint density at radius 1 is 0.900 bits per heavy atom. The zero-order valence-electron chi connectivity index (χ0n) is 17.0. The number of aryl methyl sites for hydroxylation is 1. The van der Waals surface area contributed by atoms with E-state index in [-0.39, 0.29) is 17.5 Å². The lowest BCUT2D eigenvalue weighted by Gasteiger charge is -2.12. The van der Waals surface area contributed by atoms with E-state index in [4.69, 9.17) is 4.74 Å². The third-order valence-electron chi connectivity index (χ3n) is 4.53. The van der Waals surface area contributed by atoms with Gasteiger partial charge in [-0.05, 0) is 48.4 Å². The van der Waals surface area contributed by atoms with Crippen LogP contribution in [-0.2, 0) is 11.3 Å².